The molecule has 7 heteroatoms. The Morgan fingerprint density at radius 1 is 1.05 bits per heavy atom. The SMILES string of the molecule is C=C(C)C1CC=C2C(=CCC3(C)C(C(CCC(CO)=C(C)CO)C(=O)O)C(O)CC23C)C1(C)CCC(=O)O. The maximum atomic E-state index is 12.6. The molecule has 3 aliphatic carbocycles. The summed E-state index contributed by atoms with van der Waals surface area (Å²) in [6.07, 6.45) is 6.50. The van der Waals surface area contributed by atoms with Crippen LogP contribution in [0.5, 0.6) is 0 Å². The van der Waals surface area contributed by atoms with E-state index in [-0.39, 0.29) is 32.0 Å². The van der Waals surface area contributed by atoms with E-state index in [0.29, 0.717) is 36.8 Å². The van der Waals surface area contributed by atoms with Gasteiger partial charge in [0, 0.05) is 17.8 Å². The van der Waals surface area contributed by atoms with Crippen molar-refractivity contribution in [2.45, 2.75) is 85.7 Å². The van der Waals surface area contributed by atoms with Gasteiger partial charge in [0.15, 0.2) is 0 Å². The van der Waals surface area contributed by atoms with Gasteiger partial charge in [-0.15, -0.1) is 0 Å². The average molecular weight is 531 g/mol. The Balaban J connectivity index is 2.05. The summed E-state index contributed by atoms with van der Waals surface area (Å²) in [4.78, 5) is 24.2. The van der Waals surface area contributed by atoms with Crippen LogP contribution in [0, 0.1) is 34.0 Å². The molecule has 0 aromatic carbocycles. The Hall–Kier alpha value is -2.22. The number of aliphatic carboxylic acids is 2. The van der Waals surface area contributed by atoms with Gasteiger partial charge in [-0.05, 0) is 91.4 Å². The minimum Gasteiger partial charge on any atom is -0.481 e. The molecule has 0 amide bonds. The average Bonchev–Trinajstić information content (AvgIpc) is 3.05. The van der Waals surface area contributed by atoms with Gasteiger partial charge in [0.1, 0.15) is 0 Å². The molecule has 0 spiro atoms. The molecule has 0 aromatic rings. The van der Waals surface area contributed by atoms with Gasteiger partial charge in [0.25, 0.3) is 0 Å². The number of aliphatic hydroxyl groups is 3. The van der Waals surface area contributed by atoms with Gasteiger partial charge in [-0.1, -0.05) is 45.1 Å². The Morgan fingerprint density at radius 2 is 1.71 bits per heavy atom. The van der Waals surface area contributed by atoms with Crippen LogP contribution >= 0.6 is 0 Å². The number of fused-ring (bicyclic) bond motifs is 3. The van der Waals surface area contributed by atoms with E-state index >= 15 is 0 Å². The zero-order valence-electron chi connectivity index (χ0n) is 23.6. The van der Waals surface area contributed by atoms with Crippen molar-refractivity contribution in [3.05, 3.63) is 46.6 Å². The lowest BCUT2D eigenvalue weighted by molar-refractivity contribution is -0.148. The van der Waals surface area contributed by atoms with Crippen LogP contribution in [0.3, 0.4) is 0 Å². The van der Waals surface area contributed by atoms with E-state index in [1.54, 1.807) is 6.92 Å². The first kappa shape index (κ1) is 30.3. The molecule has 7 atom stereocenters. The van der Waals surface area contributed by atoms with Crippen molar-refractivity contribution >= 4 is 11.9 Å². The first-order chi connectivity index (χ1) is 17.7. The van der Waals surface area contributed by atoms with Crippen molar-refractivity contribution in [2.24, 2.45) is 34.0 Å². The predicted molar refractivity (Wildman–Crippen MR) is 146 cm³/mol. The molecule has 0 aliphatic heterocycles. The van der Waals surface area contributed by atoms with Crippen LogP contribution in [0.15, 0.2) is 46.6 Å². The van der Waals surface area contributed by atoms with Crippen LogP contribution in [-0.2, 0) is 9.59 Å². The summed E-state index contributed by atoms with van der Waals surface area (Å²) >= 11 is 0. The van der Waals surface area contributed by atoms with Gasteiger partial charge in [0.2, 0.25) is 0 Å². The van der Waals surface area contributed by atoms with E-state index in [1.807, 2.05) is 6.92 Å². The zero-order chi connectivity index (χ0) is 28.6. The molecule has 3 aliphatic rings. The normalized spacial score (nSPS) is 35.8. The monoisotopic (exact) mass is 530 g/mol. The number of hydrogen-bond acceptors (Lipinski definition) is 5. The summed E-state index contributed by atoms with van der Waals surface area (Å²) in [6.45, 7) is 13.9. The van der Waals surface area contributed by atoms with Crippen molar-refractivity contribution in [1.29, 1.82) is 0 Å². The maximum Gasteiger partial charge on any atom is 0.306 e. The molecule has 0 radical (unpaired) electrons. The lowest BCUT2D eigenvalue weighted by Gasteiger charge is -2.56. The largest absolute Gasteiger partial charge is 0.481 e. The van der Waals surface area contributed by atoms with Crippen molar-refractivity contribution in [1.82, 2.24) is 0 Å². The summed E-state index contributed by atoms with van der Waals surface area (Å²) in [5, 5.41) is 50.5. The fraction of sp³-hybridized carbons (Fsp3) is 0.677. The highest BCUT2D eigenvalue weighted by atomic mass is 16.4. The molecule has 1 fully saturated rings. The van der Waals surface area contributed by atoms with E-state index in [2.05, 4.69) is 39.5 Å². The maximum absolute atomic E-state index is 12.6. The number of hydrogen-bond donors (Lipinski definition) is 5. The van der Waals surface area contributed by atoms with Gasteiger partial charge in [0.05, 0.1) is 25.2 Å². The standard InChI is InChI=1S/C31H46O7/c1-18(2)22-9-10-24-23(29(22,4)13-12-26(35)36)11-14-30(5)27(25(34)15-31(24,30)6)21(28(37)38)8-7-20(17-33)19(3)16-32/h10-11,21-22,25,27,32-34H,1,7-9,12-17H2,2-6H3,(H,35,36)(H,37,38). The molecule has 212 valence electrons. The summed E-state index contributed by atoms with van der Waals surface area (Å²) in [7, 11) is 0. The van der Waals surface area contributed by atoms with Crippen molar-refractivity contribution < 1.29 is 35.1 Å². The smallest absolute Gasteiger partial charge is 0.306 e. The molecule has 5 N–H and O–H groups in total. The zero-order valence-corrected chi connectivity index (χ0v) is 23.6. The highest BCUT2D eigenvalue weighted by molar-refractivity contribution is 5.71. The van der Waals surface area contributed by atoms with Gasteiger partial charge in [-0.2, -0.15) is 0 Å². The molecule has 1 saturated carbocycles. The fourth-order valence-corrected chi connectivity index (χ4v) is 8.09. The number of carbonyl (C=O) groups is 2. The number of allylic oxidation sites excluding steroid dienone is 5. The molecule has 0 bridgehead atoms. The summed E-state index contributed by atoms with van der Waals surface area (Å²) < 4.78 is 0. The number of carboxylic acid groups (broad SMARTS) is 2. The third-order valence-electron chi connectivity index (χ3n) is 10.6. The first-order valence-corrected chi connectivity index (χ1v) is 13.8. The van der Waals surface area contributed by atoms with E-state index in [0.717, 1.165) is 23.1 Å². The summed E-state index contributed by atoms with van der Waals surface area (Å²) in [5.74, 6) is -2.99. The van der Waals surface area contributed by atoms with Gasteiger partial charge >= 0.3 is 11.9 Å². The quantitative estimate of drug-likeness (QED) is 0.240. The van der Waals surface area contributed by atoms with Crippen LogP contribution in [0.2, 0.25) is 0 Å². The number of aliphatic hydroxyl groups excluding tert-OH is 3. The minimum absolute atomic E-state index is 0.0547. The van der Waals surface area contributed by atoms with Crippen LogP contribution < -0.4 is 0 Å². The van der Waals surface area contributed by atoms with Gasteiger partial charge in [-0.25, -0.2) is 0 Å². The third kappa shape index (κ3) is 4.93. The minimum atomic E-state index is -0.959. The highest BCUT2D eigenvalue weighted by Gasteiger charge is 2.65. The Kier molecular flexibility index (Phi) is 8.86. The third-order valence-corrected chi connectivity index (χ3v) is 10.6. The molecular formula is C31H46O7. The second kappa shape index (κ2) is 11.1. The highest BCUT2D eigenvalue weighted by Crippen LogP contribution is 2.70. The van der Waals surface area contributed by atoms with E-state index < -0.39 is 46.1 Å². The Bertz CT molecular complexity index is 1070. The second-order valence-electron chi connectivity index (χ2n) is 12.6. The Labute approximate surface area is 226 Å². The van der Waals surface area contributed by atoms with Crippen molar-refractivity contribution in [3.63, 3.8) is 0 Å². The lowest BCUT2D eigenvalue weighted by Crippen LogP contribution is -2.48. The van der Waals surface area contributed by atoms with E-state index in [4.69, 9.17) is 0 Å². The molecule has 0 aromatic heterocycles. The van der Waals surface area contributed by atoms with Crippen molar-refractivity contribution in [2.75, 3.05) is 13.2 Å². The van der Waals surface area contributed by atoms with Crippen LogP contribution in [0.25, 0.3) is 0 Å². The molecule has 7 nitrogen and oxygen atoms in total. The van der Waals surface area contributed by atoms with Crippen LogP contribution in [-0.4, -0.2) is 56.8 Å². The fourth-order valence-electron chi connectivity index (χ4n) is 8.09. The second-order valence-corrected chi connectivity index (χ2v) is 12.6. The lowest BCUT2D eigenvalue weighted by atomic mass is 9.48. The number of rotatable bonds is 11. The molecule has 38 heavy (non-hydrogen) atoms. The molecule has 3 rings (SSSR count). The molecular weight excluding hydrogens is 484 g/mol. The first-order valence-electron chi connectivity index (χ1n) is 13.8. The molecule has 7 unspecified atom stereocenters. The predicted octanol–water partition coefficient (Wildman–Crippen LogP) is 4.89. The topological polar surface area (TPSA) is 135 Å². The summed E-state index contributed by atoms with van der Waals surface area (Å²) in [5.41, 5.74) is 3.14. The van der Waals surface area contributed by atoms with Crippen LogP contribution in [0.4, 0.5) is 0 Å². The van der Waals surface area contributed by atoms with Gasteiger partial charge in [-0.3, -0.25) is 9.59 Å². The number of carboxylic acids is 2. The molecule has 0 saturated heterocycles. The van der Waals surface area contributed by atoms with Crippen molar-refractivity contribution in [3.8, 4) is 0 Å². The van der Waals surface area contributed by atoms with Gasteiger partial charge < -0.3 is 25.5 Å². The Morgan fingerprint density at radius 3 is 2.24 bits per heavy atom. The van der Waals surface area contributed by atoms with E-state index in [1.165, 1.54) is 0 Å². The van der Waals surface area contributed by atoms with Crippen LogP contribution in [0.1, 0.15) is 79.6 Å². The molecule has 0 heterocycles. The van der Waals surface area contributed by atoms with E-state index in [9.17, 15) is 35.1 Å². The summed E-state index contributed by atoms with van der Waals surface area (Å²) in [6, 6.07) is 0.